The monoisotopic (exact) mass is 279 g/mol. The second-order valence-electron chi connectivity index (χ2n) is 4.97. The highest BCUT2D eigenvalue weighted by Crippen LogP contribution is 2.20. The highest BCUT2D eigenvalue weighted by molar-refractivity contribution is 7.10. The van der Waals surface area contributed by atoms with E-state index in [2.05, 4.69) is 29.2 Å². The molecule has 104 valence electrons. The second-order valence-corrected chi connectivity index (χ2v) is 5.97. The van der Waals surface area contributed by atoms with Gasteiger partial charge in [0.1, 0.15) is 6.61 Å². The number of ether oxygens (including phenoxy) is 1. The van der Waals surface area contributed by atoms with E-state index in [0.717, 1.165) is 37.8 Å². The van der Waals surface area contributed by atoms with Crippen LogP contribution in [-0.2, 0) is 11.3 Å². The van der Waals surface area contributed by atoms with Crippen LogP contribution in [0.25, 0.3) is 0 Å². The molecule has 0 saturated carbocycles. The van der Waals surface area contributed by atoms with Gasteiger partial charge in [0.2, 0.25) is 0 Å². The minimum absolute atomic E-state index is 0.0762. The van der Waals surface area contributed by atoms with E-state index in [-0.39, 0.29) is 6.61 Å². The Bertz CT molecular complexity index is 440. The van der Waals surface area contributed by atoms with Gasteiger partial charge in [-0.1, -0.05) is 11.8 Å². The smallest absolute Gasteiger partial charge is 0.104 e. The van der Waals surface area contributed by atoms with Crippen LogP contribution in [0, 0.1) is 17.8 Å². The highest BCUT2D eigenvalue weighted by Gasteiger charge is 2.16. The number of thiophene rings is 1. The largest absolute Gasteiger partial charge is 0.384 e. The van der Waals surface area contributed by atoms with Crippen LogP contribution in [0.1, 0.15) is 23.3 Å². The standard InChI is InChI=1S/C15H21NO2S/c1-16(11-13-4-8-18-9-5-13)12-15-14(3-2-7-17)6-10-19-15/h6,10,13,17H,4-5,7-9,11-12H2,1H3. The van der Waals surface area contributed by atoms with E-state index in [1.165, 1.54) is 17.7 Å². The summed E-state index contributed by atoms with van der Waals surface area (Å²) >= 11 is 1.74. The molecule has 19 heavy (non-hydrogen) atoms. The lowest BCUT2D eigenvalue weighted by Gasteiger charge is -2.26. The van der Waals surface area contributed by atoms with Crippen LogP contribution < -0.4 is 0 Å². The van der Waals surface area contributed by atoms with Gasteiger partial charge in [0.15, 0.2) is 0 Å². The molecule has 0 aromatic carbocycles. The first-order valence-corrected chi connectivity index (χ1v) is 7.60. The molecule has 1 saturated heterocycles. The summed E-state index contributed by atoms with van der Waals surface area (Å²) in [6.45, 7) is 3.79. The van der Waals surface area contributed by atoms with Gasteiger partial charge in [0.05, 0.1) is 0 Å². The van der Waals surface area contributed by atoms with E-state index >= 15 is 0 Å². The minimum atomic E-state index is -0.0762. The predicted octanol–water partition coefficient (Wildman–Crippen LogP) is 1.95. The van der Waals surface area contributed by atoms with E-state index in [9.17, 15) is 0 Å². The average molecular weight is 279 g/mol. The zero-order valence-electron chi connectivity index (χ0n) is 11.4. The van der Waals surface area contributed by atoms with E-state index in [4.69, 9.17) is 9.84 Å². The fraction of sp³-hybridized carbons (Fsp3) is 0.600. The Kier molecular flexibility index (Phi) is 5.87. The van der Waals surface area contributed by atoms with Crippen molar-refractivity contribution in [2.75, 3.05) is 33.4 Å². The Balaban J connectivity index is 1.87. The molecule has 4 heteroatoms. The number of hydrogen-bond donors (Lipinski definition) is 1. The summed E-state index contributed by atoms with van der Waals surface area (Å²) in [5, 5.41) is 10.8. The summed E-state index contributed by atoms with van der Waals surface area (Å²) < 4.78 is 5.39. The number of hydrogen-bond acceptors (Lipinski definition) is 4. The number of aliphatic hydroxyl groups excluding tert-OH is 1. The third kappa shape index (κ3) is 4.63. The molecule has 2 heterocycles. The van der Waals surface area contributed by atoms with Crippen LogP contribution in [-0.4, -0.2) is 43.4 Å². The fourth-order valence-corrected chi connectivity index (χ4v) is 3.30. The molecule has 0 spiro atoms. The molecule has 0 amide bonds. The van der Waals surface area contributed by atoms with Crippen molar-refractivity contribution in [2.45, 2.75) is 19.4 Å². The van der Waals surface area contributed by atoms with Crippen molar-refractivity contribution >= 4 is 11.3 Å². The van der Waals surface area contributed by atoms with Gasteiger partial charge in [-0.3, -0.25) is 0 Å². The Labute approximate surface area is 119 Å². The Morgan fingerprint density at radius 3 is 3.00 bits per heavy atom. The predicted molar refractivity (Wildman–Crippen MR) is 78.2 cm³/mol. The zero-order valence-corrected chi connectivity index (χ0v) is 12.2. The van der Waals surface area contributed by atoms with Crippen molar-refractivity contribution in [3.05, 3.63) is 21.9 Å². The summed E-state index contributed by atoms with van der Waals surface area (Å²) in [5.74, 6) is 6.49. The quantitative estimate of drug-likeness (QED) is 0.855. The normalized spacial score (nSPS) is 16.4. The van der Waals surface area contributed by atoms with Gasteiger partial charge < -0.3 is 14.7 Å². The second kappa shape index (κ2) is 7.66. The molecule has 1 aromatic rings. The summed E-state index contributed by atoms with van der Waals surface area (Å²) in [5.41, 5.74) is 1.05. The van der Waals surface area contributed by atoms with E-state index in [1.54, 1.807) is 11.3 Å². The number of nitrogens with zero attached hydrogens (tertiary/aromatic N) is 1. The van der Waals surface area contributed by atoms with Gasteiger partial charge in [0.25, 0.3) is 0 Å². The van der Waals surface area contributed by atoms with Crippen LogP contribution >= 0.6 is 11.3 Å². The molecule has 3 nitrogen and oxygen atoms in total. The first-order valence-electron chi connectivity index (χ1n) is 6.72. The summed E-state index contributed by atoms with van der Waals surface area (Å²) in [4.78, 5) is 3.65. The third-order valence-electron chi connectivity index (χ3n) is 3.37. The van der Waals surface area contributed by atoms with Gasteiger partial charge in [-0.25, -0.2) is 0 Å². The van der Waals surface area contributed by atoms with E-state index in [1.807, 2.05) is 6.07 Å². The first-order chi connectivity index (χ1) is 9.29. The van der Waals surface area contributed by atoms with Crippen molar-refractivity contribution in [2.24, 2.45) is 5.92 Å². The molecular weight excluding hydrogens is 258 g/mol. The van der Waals surface area contributed by atoms with Crippen LogP contribution in [0.15, 0.2) is 11.4 Å². The molecule has 0 radical (unpaired) electrons. The van der Waals surface area contributed by atoms with Crippen molar-refractivity contribution < 1.29 is 9.84 Å². The zero-order chi connectivity index (χ0) is 13.5. The van der Waals surface area contributed by atoms with E-state index < -0.39 is 0 Å². The molecule has 1 N–H and O–H groups in total. The maximum atomic E-state index is 8.76. The van der Waals surface area contributed by atoms with Crippen LogP contribution in [0.4, 0.5) is 0 Å². The van der Waals surface area contributed by atoms with Crippen molar-refractivity contribution in [1.29, 1.82) is 0 Å². The molecule has 0 bridgehead atoms. The van der Waals surface area contributed by atoms with Crippen molar-refractivity contribution in [3.8, 4) is 11.8 Å². The summed E-state index contributed by atoms with van der Waals surface area (Å²) in [7, 11) is 2.17. The van der Waals surface area contributed by atoms with Gasteiger partial charge >= 0.3 is 0 Å². The van der Waals surface area contributed by atoms with Crippen molar-refractivity contribution in [3.63, 3.8) is 0 Å². The molecule has 0 atom stereocenters. The lowest BCUT2D eigenvalue weighted by Crippen LogP contribution is -2.29. The maximum Gasteiger partial charge on any atom is 0.104 e. The number of aliphatic hydroxyl groups is 1. The van der Waals surface area contributed by atoms with Gasteiger partial charge in [0, 0.05) is 36.7 Å². The molecule has 0 unspecified atom stereocenters. The van der Waals surface area contributed by atoms with Crippen molar-refractivity contribution in [1.82, 2.24) is 4.90 Å². The van der Waals surface area contributed by atoms with Crippen LogP contribution in [0.2, 0.25) is 0 Å². The fourth-order valence-electron chi connectivity index (χ4n) is 2.39. The molecule has 2 rings (SSSR count). The summed E-state index contributed by atoms with van der Waals surface area (Å²) in [6, 6.07) is 2.03. The topological polar surface area (TPSA) is 32.7 Å². The molecule has 1 fully saturated rings. The Hall–Kier alpha value is -0.860. The molecular formula is C15H21NO2S. The lowest BCUT2D eigenvalue weighted by atomic mass is 10.00. The SMILES string of the molecule is CN(Cc1sccc1C#CCO)CC1CCOCC1. The molecule has 0 aliphatic carbocycles. The van der Waals surface area contributed by atoms with Gasteiger partial charge in [-0.15, -0.1) is 11.3 Å². The molecule has 1 aliphatic heterocycles. The third-order valence-corrected chi connectivity index (χ3v) is 4.28. The molecule has 1 aliphatic rings. The minimum Gasteiger partial charge on any atom is -0.384 e. The van der Waals surface area contributed by atoms with Crippen LogP contribution in [0.3, 0.4) is 0 Å². The highest BCUT2D eigenvalue weighted by atomic mass is 32.1. The van der Waals surface area contributed by atoms with E-state index in [0.29, 0.717) is 0 Å². The molecule has 1 aromatic heterocycles. The van der Waals surface area contributed by atoms with Gasteiger partial charge in [-0.05, 0) is 37.3 Å². The van der Waals surface area contributed by atoms with Crippen LogP contribution in [0.5, 0.6) is 0 Å². The van der Waals surface area contributed by atoms with Gasteiger partial charge in [-0.2, -0.15) is 0 Å². The average Bonchev–Trinajstić information content (AvgIpc) is 2.84. The lowest BCUT2D eigenvalue weighted by molar-refractivity contribution is 0.0550. The number of rotatable bonds is 4. The Morgan fingerprint density at radius 1 is 1.47 bits per heavy atom. The Morgan fingerprint density at radius 2 is 2.26 bits per heavy atom. The summed E-state index contributed by atoms with van der Waals surface area (Å²) in [6.07, 6.45) is 2.35. The first kappa shape index (κ1) is 14.5. The maximum absolute atomic E-state index is 8.76.